The van der Waals surface area contributed by atoms with Crippen LogP contribution in [0.2, 0.25) is 0 Å². The minimum absolute atomic E-state index is 0.0190. The average molecular weight is 428 g/mol. The molecule has 0 unspecified atom stereocenters. The molecule has 1 amide bonds. The second-order valence-electron chi connectivity index (χ2n) is 7.25. The molecule has 0 atom stereocenters. The minimum atomic E-state index is -0.0251. The Labute approximate surface area is 178 Å². The Bertz CT molecular complexity index is 1070. The smallest absolute Gasteiger partial charge is 0.267 e. The lowest BCUT2D eigenvalue weighted by atomic mass is 9.97. The van der Waals surface area contributed by atoms with Crippen LogP contribution in [0.4, 0.5) is 0 Å². The standard InChI is InChI=1S/C22H25N3O2S2/c1-2-3-13-23-18(26)14-28-22-24-20-19(16-11-7-8-12-17(16)29-20)21(27)25(22)15-9-5-4-6-10-15/h4-6,9-10H,2-3,7-8,11-14H2,1H3,(H,23,26). The van der Waals surface area contributed by atoms with E-state index in [0.717, 1.165) is 48.0 Å². The Hall–Kier alpha value is -2.12. The number of nitrogens with zero attached hydrogens (tertiary/aromatic N) is 2. The molecule has 2 heterocycles. The van der Waals surface area contributed by atoms with E-state index in [2.05, 4.69) is 12.2 Å². The molecule has 0 bridgehead atoms. The summed E-state index contributed by atoms with van der Waals surface area (Å²) in [5.41, 5.74) is 1.96. The van der Waals surface area contributed by atoms with Gasteiger partial charge in [-0.3, -0.25) is 14.2 Å². The van der Waals surface area contributed by atoms with E-state index in [1.54, 1.807) is 15.9 Å². The summed E-state index contributed by atoms with van der Waals surface area (Å²) in [7, 11) is 0. The second-order valence-corrected chi connectivity index (χ2v) is 9.28. The number of hydrogen-bond donors (Lipinski definition) is 1. The number of para-hydroxylation sites is 1. The summed E-state index contributed by atoms with van der Waals surface area (Å²) >= 11 is 2.97. The number of carbonyl (C=O) groups is 1. The van der Waals surface area contributed by atoms with Crippen LogP contribution in [-0.4, -0.2) is 27.8 Å². The first kappa shape index (κ1) is 20.2. The van der Waals surface area contributed by atoms with Crippen molar-refractivity contribution in [2.24, 2.45) is 0 Å². The molecule has 4 rings (SSSR count). The van der Waals surface area contributed by atoms with Gasteiger partial charge in [0.1, 0.15) is 4.83 Å². The van der Waals surface area contributed by atoms with Crippen molar-refractivity contribution in [1.82, 2.24) is 14.9 Å². The fourth-order valence-electron chi connectivity index (χ4n) is 3.67. The van der Waals surface area contributed by atoms with Gasteiger partial charge in [-0.25, -0.2) is 4.98 Å². The van der Waals surface area contributed by atoms with Gasteiger partial charge in [0.15, 0.2) is 5.16 Å². The highest BCUT2D eigenvalue weighted by Crippen LogP contribution is 2.35. The molecule has 3 aromatic rings. The number of carbonyl (C=O) groups excluding carboxylic acids is 1. The number of amides is 1. The molecule has 1 aromatic carbocycles. The van der Waals surface area contributed by atoms with Crippen molar-refractivity contribution in [3.05, 3.63) is 51.1 Å². The third-order valence-corrected chi connectivity index (χ3v) is 7.28. The Morgan fingerprint density at radius 1 is 1.24 bits per heavy atom. The molecule has 1 aliphatic carbocycles. The summed E-state index contributed by atoms with van der Waals surface area (Å²) in [5, 5.41) is 4.28. The van der Waals surface area contributed by atoms with Gasteiger partial charge in [0.2, 0.25) is 5.91 Å². The highest BCUT2D eigenvalue weighted by atomic mass is 32.2. The average Bonchev–Trinajstić information content (AvgIpc) is 3.12. The molecule has 1 N–H and O–H groups in total. The zero-order chi connectivity index (χ0) is 20.2. The Kier molecular flexibility index (Phi) is 6.35. The maximum absolute atomic E-state index is 13.6. The SMILES string of the molecule is CCCCNC(=O)CSc1nc2sc3c(c2c(=O)n1-c1ccccc1)CCCC3. The zero-order valence-corrected chi connectivity index (χ0v) is 18.2. The van der Waals surface area contributed by atoms with Crippen LogP contribution in [0.5, 0.6) is 0 Å². The summed E-state index contributed by atoms with van der Waals surface area (Å²) in [6.45, 7) is 2.78. The summed E-state index contributed by atoms with van der Waals surface area (Å²) in [6, 6.07) is 9.60. The minimum Gasteiger partial charge on any atom is -0.355 e. The molecule has 0 aliphatic heterocycles. The molecule has 0 saturated heterocycles. The fourth-order valence-corrected chi connectivity index (χ4v) is 5.82. The lowest BCUT2D eigenvalue weighted by molar-refractivity contribution is -0.118. The third kappa shape index (κ3) is 4.26. The highest BCUT2D eigenvalue weighted by Gasteiger charge is 2.23. The predicted octanol–water partition coefficient (Wildman–Crippen LogP) is 4.33. The van der Waals surface area contributed by atoms with Crippen molar-refractivity contribution in [3.8, 4) is 5.69 Å². The number of thiophene rings is 1. The summed E-state index contributed by atoms with van der Waals surface area (Å²) < 4.78 is 1.67. The number of aryl methyl sites for hydroxylation is 2. The third-order valence-electron chi connectivity index (χ3n) is 5.16. The summed E-state index contributed by atoms with van der Waals surface area (Å²) in [4.78, 5) is 32.7. The Morgan fingerprint density at radius 2 is 2.03 bits per heavy atom. The first-order valence-corrected chi connectivity index (χ1v) is 12.0. The zero-order valence-electron chi connectivity index (χ0n) is 16.6. The lowest BCUT2D eigenvalue weighted by Gasteiger charge is -2.13. The Balaban J connectivity index is 1.74. The van der Waals surface area contributed by atoms with E-state index in [-0.39, 0.29) is 17.2 Å². The van der Waals surface area contributed by atoms with Crippen molar-refractivity contribution >= 4 is 39.2 Å². The molecule has 1 aliphatic rings. The number of rotatable bonds is 7. The highest BCUT2D eigenvalue weighted by molar-refractivity contribution is 7.99. The monoisotopic (exact) mass is 427 g/mol. The van der Waals surface area contributed by atoms with E-state index < -0.39 is 0 Å². The molecule has 2 aromatic heterocycles. The molecular formula is C22H25N3O2S2. The van der Waals surface area contributed by atoms with Gasteiger partial charge in [0.05, 0.1) is 16.8 Å². The molecule has 152 valence electrons. The molecule has 0 radical (unpaired) electrons. The van der Waals surface area contributed by atoms with Crippen LogP contribution < -0.4 is 10.9 Å². The normalized spacial score (nSPS) is 13.4. The first-order valence-electron chi connectivity index (χ1n) is 10.2. The number of nitrogens with one attached hydrogen (secondary N) is 1. The van der Waals surface area contributed by atoms with Gasteiger partial charge in [0, 0.05) is 11.4 Å². The van der Waals surface area contributed by atoms with Gasteiger partial charge in [-0.1, -0.05) is 43.3 Å². The number of unbranched alkanes of at least 4 members (excludes halogenated alkanes) is 1. The van der Waals surface area contributed by atoms with Crippen molar-refractivity contribution < 1.29 is 4.79 Å². The predicted molar refractivity (Wildman–Crippen MR) is 121 cm³/mol. The van der Waals surface area contributed by atoms with Crippen molar-refractivity contribution in [1.29, 1.82) is 0 Å². The van der Waals surface area contributed by atoms with E-state index >= 15 is 0 Å². The van der Waals surface area contributed by atoms with Crippen LogP contribution in [0.15, 0.2) is 40.3 Å². The van der Waals surface area contributed by atoms with E-state index in [1.165, 1.54) is 28.6 Å². The molecule has 7 heteroatoms. The van der Waals surface area contributed by atoms with Crippen molar-refractivity contribution in [2.45, 2.75) is 50.6 Å². The number of benzene rings is 1. The number of thioether (sulfide) groups is 1. The van der Waals surface area contributed by atoms with Gasteiger partial charge < -0.3 is 5.32 Å². The van der Waals surface area contributed by atoms with Crippen molar-refractivity contribution in [2.75, 3.05) is 12.3 Å². The van der Waals surface area contributed by atoms with Gasteiger partial charge in [-0.15, -0.1) is 11.3 Å². The van der Waals surface area contributed by atoms with E-state index in [4.69, 9.17) is 4.98 Å². The van der Waals surface area contributed by atoms with Crippen LogP contribution >= 0.6 is 23.1 Å². The molecule has 0 spiro atoms. The van der Waals surface area contributed by atoms with E-state index in [1.807, 2.05) is 30.3 Å². The van der Waals surface area contributed by atoms with E-state index in [0.29, 0.717) is 11.7 Å². The van der Waals surface area contributed by atoms with Gasteiger partial charge >= 0.3 is 0 Å². The molecule has 0 fully saturated rings. The number of aromatic nitrogens is 2. The molecule has 0 saturated carbocycles. The molecule has 5 nitrogen and oxygen atoms in total. The fraction of sp³-hybridized carbons (Fsp3) is 0.409. The largest absolute Gasteiger partial charge is 0.355 e. The molecular weight excluding hydrogens is 402 g/mol. The summed E-state index contributed by atoms with van der Waals surface area (Å²) in [5.74, 6) is 0.224. The van der Waals surface area contributed by atoms with Crippen molar-refractivity contribution in [3.63, 3.8) is 0 Å². The van der Waals surface area contributed by atoms with Crippen LogP contribution in [0.3, 0.4) is 0 Å². The molecule has 29 heavy (non-hydrogen) atoms. The topological polar surface area (TPSA) is 64.0 Å². The van der Waals surface area contributed by atoms with E-state index in [9.17, 15) is 9.59 Å². The Morgan fingerprint density at radius 3 is 2.83 bits per heavy atom. The lowest BCUT2D eigenvalue weighted by Crippen LogP contribution is -2.27. The number of fused-ring (bicyclic) bond motifs is 3. The van der Waals surface area contributed by atoms with Crippen LogP contribution in [0, 0.1) is 0 Å². The quantitative estimate of drug-likeness (QED) is 0.346. The van der Waals surface area contributed by atoms with Gasteiger partial charge in [-0.05, 0) is 49.8 Å². The number of hydrogen-bond acceptors (Lipinski definition) is 5. The van der Waals surface area contributed by atoms with Gasteiger partial charge in [0.25, 0.3) is 5.56 Å². The van der Waals surface area contributed by atoms with Crippen LogP contribution in [-0.2, 0) is 17.6 Å². The van der Waals surface area contributed by atoms with Crippen LogP contribution in [0.25, 0.3) is 15.9 Å². The maximum Gasteiger partial charge on any atom is 0.267 e. The maximum atomic E-state index is 13.6. The van der Waals surface area contributed by atoms with Crippen LogP contribution in [0.1, 0.15) is 43.0 Å². The second kappa shape index (κ2) is 9.13. The first-order chi connectivity index (χ1) is 14.2. The van der Waals surface area contributed by atoms with Gasteiger partial charge in [-0.2, -0.15) is 0 Å². The summed E-state index contributed by atoms with van der Waals surface area (Å²) in [6.07, 6.45) is 6.29.